The van der Waals surface area contributed by atoms with Crippen molar-refractivity contribution in [1.82, 2.24) is 10.6 Å². The molecule has 0 bridgehead atoms. The highest BCUT2D eigenvalue weighted by Crippen LogP contribution is 2.12. The first-order valence-electron chi connectivity index (χ1n) is 5.59. The second kappa shape index (κ2) is 6.70. The smallest absolute Gasteiger partial charge is 0.309 e. The van der Waals surface area contributed by atoms with Crippen molar-refractivity contribution < 1.29 is 14.0 Å². The van der Waals surface area contributed by atoms with Gasteiger partial charge in [0.25, 0.3) is 0 Å². The lowest BCUT2D eigenvalue weighted by Gasteiger charge is -2.14. The van der Waals surface area contributed by atoms with E-state index in [1.54, 1.807) is 19.1 Å². The zero-order chi connectivity index (χ0) is 13.5. The molecule has 0 aliphatic heterocycles. The summed E-state index contributed by atoms with van der Waals surface area (Å²) in [7, 11) is 0. The minimum absolute atomic E-state index is 0.237. The average molecular weight is 253 g/mol. The van der Waals surface area contributed by atoms with E-state index in [1.165, 1.54) is 12.1 Å². The minimum Gasteiger partial charge on any atom is -0.347 e. The van der Waals surface area contributed by atoms with Gasteiger partial charge in [0.15, 0.2) is 0 Å². The highest BCUT2D eigenvalue weighted by molar-refractivity contribution is 6.35. The highest BCUT2D eigenvalue weighted by Gasteiger charge is 2.16. The number of amides is 2. The van der Waals surface area contributed by atoms with Crippen molar-refractivity contribution in [3.8, 4) is 0 Å². The van der Waals surface area contributed by atoms with Crippen molar-refractivity contribution in [3.63, 3.8) is 0 Å². The van der Waals surface area contributed by atoms with Crippen LogP contribution in [0.3, 0.4) is 0 Å². The van der Waals surface area contributed by atoms with E-state index in [0.29, 0.717) is 5.56 Å². The fourth-order valence-corrected chi connectivity index (χ4v) is 1.39. The molecule has 0 fully saturated rings. The quantitative estimate of drug-likeness (QED) is 0.664. The molecule has 0 aromatic heterocycles. The zero-order valence-electron chi connectivity index (χ0n) is 10.1. The summed E-state index contributed by atoms with van der Waals surface area (Å²) in [5, 5.41) is 4.82. The summed E-state index contributed by atoms with van der Waals surface area (Å²) in [6.07, 6.45) is 0. The van der Waals surface area contributed by atoms with Gasteiger partial charge in [-0.25, -0.2) is 4.39 Å². The molecule has 4 N–H and O–H groups in total. The molecule has 0 spiro atoms. The predicted molar refractivity (Wildman–Crippen MR) is 65.0 cm³/mol. The molecule has 98 valence electrons. The van der Waals surface area contributed by atoms with Crippen LogP contribution in [-0.2, 0) is 9.59 Å². The monoisotopic (exact) mass is 253 g/mol. The van der Waals surface area contributed by atoms with Gasteiger partial charge in [-0.3, -0.25) is 9.59 Å². The summed E-state index contributed by atoms with van der Waals surface area (Å²) in [5.41, 5.74) is 5.79. The summed E-state index contributed by atoms with van der Waals surface area (Å²) >= 11 is 0. The molecule has 0 aliphatic rings. The van der Waals surface area contributed by atoms with Gasteiger partial charge in [0, 0.05) is 13.1 Å². The van der Waals surface area contributed by atoms with Gasteiger partial charge >= 0.3 is 11.8 Å². The van der Waals surface area contributed by atoms with Crippen LogP contribution in [0.15, 0.2) is 24.3 Å². The molecule has 1 aromatic carbocycles. The third kappa shape index (κ3) is 4.14. The lowest BCUT2D eigenvalue weighted by molar-refractivity contribution is -0.139. The number of hydrogen-bond acceptors (Lipinski definition) is 3. The Morgan fingerprint density at radius 1 is 1.39 bits per heavy atom. The van der Waals surface area contributed by atoms with Gasteiger partial charge in [0.05, 0.1) is 6.04 Å². The second-order valence-electron chi connectivity index (χ2n) is 3.79. The molecule has 6 heteroatoms. The van der Waals surface area contributed by atoms with Crippen LogP contribution >= 0.6 is 0 Å². The van der Waals surface area contributed by atoms with Crippen LogP contribution in [0.25, 0.3) is 0 Å². The first-order chi connectivity index (χ1) is 8.54. The van der Waals surface area contributed by atoms with Gasteiger partial charge in [-0.2, -0.15) is 0 Å². The number of nitrogens with one attached hydrogen (secondary N) is 2. The van der Waals surface area contributed by atoms with Gasteiger partial charge < -0.3 is 16.4 Å². The predicted octanol–water partition coefficient (Wildman–Crippen LogP) is 0.0778. The van der Waals surface area contributed by atoms with E-state index in [4.69, 9.17) is 5.73 Å². The first kappa shape index (κ1) is 14.1. The normalized spacial score (nSPS) is 11.7. The fourth-order valence-electron chi connectivity index (χ4n) is 1.39. The highest BCUT2D eigenvalue weighted by atomic mass is 19.1. The van der Waals surface area contributed by atoms with E-state index in [0.717, 1.165) is 0 Å². The number of carbonyl (C=O) groups excluding carboxylic acids is 2. The summed E-state index contributed by atoms with van der Waals surface area (Å²) in [6.45, 7) is 2.17. The van der Waals surface area contributed by atoms with Crippen molar-refractivity contribution in [1.29, 1.82) is 0 Å². The Balaban J connectivity index is 2.56. The van der Waals surface area contributed by atoms with Gasteiger partial charge in [0.2, 0.25) is 0 Å². The SMILES string of the molecule is CC(NC(=O)C(=O)NCCN)c1cccc(F)c1. The largest absolute Gasteiger partial charge is 0.347 e. The Morgan fingerprint density at radius 3 is 2.72 bits per heavy atom. The molecule has 2 amide bonds. The molecular weight excluding hydrogens is 237 g/mol. The summed E-state index contributed by atoms with van der Waals surface area (Å²) in [5.74, 6) is -1.90. The van der Waals surface area contributed by atoms with Gasteiger partial charge in [0.1, 0.15) is 5.82 Å². The third-order valence-electron chi connectivity index (χ3n) is 2.33. The molecule has 5 nitrogen and oxygen atoms in total. The van der Waals surface area contributed by atoms with Crippen LogP contribution in [-0.4, -0.2) is 24.9 Å². The van der Waals surface area contributed by atoms with E-state index < -0.39 is 17.9 Å². The average Bonchev–Trinajstić information content (AvgIpc) is 2.35. The standard InChI is InChI=1S/C12H16FN3O2/c1-8(9-3-2-4-10(13)7-9)16-12(18)11(17)15-6-5-14/h2-4,7-8H,5-6,14H2,1H3,(H,15,17)(H,16,18). The van der Waals surface area contributed by atoms with E-state index >= 15 is 0 Å². The lowest BCUT2D eigenvalue weighted by atomic mass is 10.1. The number of rotatable bonds is 4. The van der Waals surface area contributed by atoms with Gasteiger partial charge in [-0.15, -0.1) is 0 Å². The summed E-state index contributed by atoms with van der Waals surface area (Å²) in [4.78, 5) is 22.7. The van der Waals surface area contributed by atoms with Crippen molar-refractivity contribution >= 4 is 11.8 Å². The van der Waals surface area contributed by atoms with E-state index in [2.05, 4.69) is 10.6 Å². The fraction of sp³-hybridized carbons (Fsp3) is 0.333. The third-order valence-corrected chi connectivity index (χ3v) is 2.33. The summed E-state index contributed by atoms with van der Waals surface area (Å²) < 4.78 is 13.0. The van der Waals surface area contributed by atoms with Crippen LogP contribution in [0.1, 0.15) is 18.5 Å². The molecule has 0 aliphatic carbocycles. The molecule has 0 heterocycles. The number of benzene rings is 1. The van der Waals surface area contributed by atoms with Crippen molar-refractivity contribution in [3.05, 3.63) is 35.6 Å². The van der Waals surface area contributed by atoms with Crippen LogP contribution < -0.4 is 16.4 Å². The lowest BCUT2D eigenvalue weighted by Crippen LogP contribution is -2.42. The topological polar surface area (TPSA) is 84.2 Å². The van der Waals surface area contributed by atoms with Crippen molar-refractivity contribution in [2.75, 3.05) is 13.1 Å². The van der Waals surface area contributed by atoms with Crippen LogP contribution in [0.2, 0.25) is 0 Å². The molecule has 1 atom stereocenters. The van der Waals surface area contributed by atoms with Gasteiger partial charge in [-0.05, 0) is 24.6 Å². The minimum atomic E-state index is -0.764. The first-order valence-corrected chi connectivity index (χ1v) is 5.59. The molecular formula is C12H16FN3O2. The summed E-state index contributed by atoms with van der Waals surface area (Å²) in [6, 6.07) is 5.39. The molecule has 1 unspecified atom stereocenters. The maximum Gasteiger partial charge on any atom is 0.309 e. The maximum absolute atomic E-state index is 13.0. The molecule has 1 aromatic rings. The van der Waals surface area contributed by atoms with Crippen LogP contribution in [0.4, 0.5) is 4.39 Å². The Kier molecular flexibility index (Phi) is 5.26. The van der Waals surface area contributed by atoms with Gasteiger partial charge in [-0.1, -0.05) is 12.1 Å². The number of carbonyl (C=O) groups is 2. The zero-order valence-corrected chi connectivity index (χ0v) is 10.1. The molecule has 1 rings (SSSR count). The molecule has 18 heavy (non-hydrogen) atoms. The van der Waals surface area contributed by atoms with Crippen molar-refractivity contribution in [2.24, 2.45) is 5.73 Å². The van der Waals surface area contributed by atoms with E-state index in [-0.39, 0.29) is 18.9 Å². The Hall–Kier alpha value is -1.95. The maximum atomic E-state index is 13.0. The molecule has 0 radical (unpaired) electrons. The number of nitrogens with two attached hydrogens (primary N) is 1. The molecule has 0 saturated heterocycles. The van der Waals surface area contributed by atoms with Crippen LogP contribution in [0.5, 0.6) is 0 Å². The van der Waals surface area contributed by atoms with E-state index in [1.807, 2.05) is 0 Å². The van der Waals surface area contributed by atoms with E-state index in [9.17, 15) is 14.0 Å². The Bertz CT molecular complexity index is 437. The van der Waals surface area contributed by atoms with Crippen molar-refractivity contribution in [2.45, 2.75) is 13.0 Å². The van der Waals surface area contributed by atoms with Crippen LogP contribution in [0, 0.1) is 5.82 Å². The Labute approximate surface area is 105 Å². The second-order valence-corrected chi connectivity index (χ2v) is 3.79. The Morgan fingerprint density at radius 2 is 2.11 bits per heavy atom. The number of hydrogen-bond donors (Lipinski definition) is 3. The molecule has 0 saturated carbocycles. The number of halogens is 1.